The lowest BCUT2D eigenvalue weighted by molar-refractivity contribution is 0.632. The highest BCUT2D eigenvalue weighted by molar-refractivity contribution is 9.10. The van der Waals surface area contributed by atoms with Crippen LogP contribution in [0.4, 0.5) is 5.82 Å². The second kappa shape index (κ2) is 5.14. The van der Waals surface area contributed by atoms with Crippen molar-refractivity contribution in [3.63, 3.8) is 0 Å². The quantitative estimate of drug-likeness (QED) is 0.898. The molecule has 0 aromatic carbocycles. The number of pyridine rings is 1. The van der Waals surface area contributed by atoms with E-state index in [1.807, 2.05) is 6.07 Å². The molecule has 0 spiro atoms. The van der Waals surface area contributed by atoms with Gasteiger partial charge in [-0.15, -0.1) is 0 Å². The van der Waals surface area contributed by atoms with Crippen molar-refractivity contribution >= 4 is 33.3 Å². The third-order valence-corrected chi connectivity index (χ3v) is 3.30. The maximum atomic E-state index is 5.81. The van der Waals surface area contributed by atoms with Crippen molar-refractivity contribution in [2.45, 2.75) is 18.9 Å². The van der Waals surface area contributed by atoms with Crippen molar-refractivity contribution in [2.24, 2.45) is 0 Å². The molecule has 1 aromatic rings. The number of anilines is 1. The molecule has 0 bridgehead atoms. The molecule has 0 radical (unpaired) electrons. The molecule has 1 saturated heterocycles. The predicted octanol–water partition coefficient (Wildman–Crippen LogP) is 2.66. The highest BCUT2D eigenvalue weighted by Gasteiger charge is 2.13. The Hall–Kier alpha value is -0.320. The fourth-order valence-electron chi connectivity index (χ4n) is 1.70. The molecule has 1 aromatic heterocycles. The highest BCUT2D eigenvalue weighted by atomic mass is 79.9. The summed E-state index contributed by atoms with van der Waals surface area (Å²) in [4.78, 5) is 4.22. The van der Waals surface area contributed by atoms with Crippen LogP contribution in [0.3, 0.4) is 0 Å². The van der Waals surface area contributed by atoms with Crippen LogP contribution in [0.25, 0.3) is 0 Å². The van der Waals surface area contributed by atoms with Crippen molar-refractivity contribution in [3.8, 4) is 0 Å². The van der Waals surface area contributed by atoms with Crippen LogP contribution in [0.15, 0.2) is 16.7 Å². The van der Waals surface area contributed by atoms with E-state index in [0.717, 1.165) is 23.4 Å². The van der Waals surface area contributed by atoms with Crippen LogP contribution in [0.1, 0.15) is 12.8 Å². The van der Waals surface area contributed by atoms with Gasteiger partial charge in [-0.1, -0.05) is 11.6 Å². The van der Waals surface area contributed by atoms with E-state index in [2.05, 4.69) is 31.5 Å². The monoisotopic (exact) mass is 289 g/mol. The maximum absolute atomic E-state index is 5.81. The molecule has 1 unspecified atom stereocenters. The second-order valence-corrected chi connectivity index (χ2v) is 4.95. The molecule has 15 heavy (non-hydrogen) atoms. The van der Waals surface area contributed by atoms with Gasteiger partial charge in [-0.05, 0) is 41.4 Å². The minimum Gasteiger partial charge on any atom is -0.368 e. The van der Waals surface area contributed by atoms with E-state index in [-0.39, 0.29) is 0 Å². The van der Waals surface area contributed by atoms with E-state index in [0.29, 0.717) is 11.1 Å². The highest BCUT2D eigenvalue weighted by Crippen LogP contribution is 2.23. The molecule has 5 heteroatoms. The smallest absolute Gasteiger partial charge is 0.140 e. The lowest BCUT2D eigenvalue weighted by Crippen LogP contribution is -2.29. The Labute approximate surface area is 103 Å². The topological polar surface area (TPSA) is 37.0 Å². The first-order valence-corrected chi connectivity index (χ1v) is 6.21. The van der Waals surface area contributed by atoms with E-state index in [1.54, 1.807) is 6.20 Å². The van der Waals surface area contributed by atoms with Gasteiger partial charge < -0.3 is 10.6 Å². The Kier molecular flexibility index (Phi) is 3.83. The van der Waals surface area contributed by atoms with Gasteiger partial charge in [0.2, 0.25) is 0 Å². The Bertz CT molecular complexity index is 339. The molecule has 0 amide bonds. The van der Waals surface area contributed by atoms with Crippen LogP contribution in [-0.2, 0) is 0 Å². The van der Waals surface area contributed by atoms with Crippen LogP contribution >= 0.6 is 27.5 Å². The summed E-state index contributed by atoms with van der Waals surface area (Å²) in [5, 5.41) is 7.37. The average molecular weight is 291 g/mol. The van der Waals surface area contributed by atoms with Crippen LogP contribution in [0, 0.1) is 0 Å². The summed E-state index contributed by atoms with van der Waals surface area (Å²) in [6.07, 6.45) is 4.15. The minimum absolute atomic E-state index is 0.564. The predicted molar refractivity (Wildman–Crippen MR) is 66.5 cm³/mol. The molecule has 0 saturated carbocycles. The second-order valence-electron chi connectivity index (χ2n) is 3.66. The molecular weight excluding hydrogens is 277 g/mol. The van der Waals surface area contributed by atoms with Crippen LogP contribution in [0.5, 0.6) is 0 Å². The van der Waals surface area contributed by atoms with Gasteiger partial charge in [-0.25, -0.2) is 4.98 Å². The Balaban J connectivity index is 1.92. The minimum atomic E-state index is 0.564. The summed E-state index contributed by atoms with van der Waals surface area (Å²) >= 11 is 9.24. The normalized spacial score (nSPS) is 20.5. The molecule has 2 rings (SSSR count). The molecular formula is C10H13BrClN3. The largest absolute Gasteiger partial charge is 0.368 e. The first-order valence-electron chi connectivity index (χ1n) is 5.04. The van der Waals surface area contributed by atoms with Crippen LogP contribution in [0.2, 0.25) is 5.02 Å². The van der Waals surface area contributed by atoms with Gasteiger partial charge >= 0.3 is 0 Å². The molecule has 1 atom stereocenters. The van der Waals surface area contributed by atoms with Crippen molar-refractivity contribution in [1.29, 1.82) is 0 Å². The van der Waals surface area contributed by atoms with Crippen molar-refractivity contribution in [2.75, 3.05) is 18.4 Å². The molecule has 1 aliphatic heterocycles. The molecule has 2 N–H and O–H groups in total. The van der Waals surface area contributed by atoms with Gasteiger partial charge in [0.05, 0.1) is 9.50 Å². The lowest BCUT2D eigenvalue weighted by atomic mass is 10.2. The number of aromatic nitrogens is 1. The molecule has 2 heterocycles. The van der Waals surface area contributed by atoms with Gasteiger partial charge in [-0.2, -0.15) is 0 Å². The third-order valence-electron chi connectivity index (χ3n) is 2.49. The average Bonchev–Trinajstić information content (AvgIpc) is 2.69. The van der Waals surface area contributed by atoms with E-state index in [4.69, 9.17) is 11.6 Å². The Morgan fingerprint density at radius 3 is 3.20 bits per heavy atom. The first kappa shape index (κ1) is 11.2. The number of nitrogens with one attached hydrogen (secondary N) is 2. The SMILES string of the molecule is Clc1cnc(NCC2CCCN2)c(Br)c1. The van der Waals surface area contributed by atoms with Gasteiger partial charge in [0, 0.05) is 18.8 Å². The van der Waals surface area contributed by atoms with Crippen molar-refractivity contribution in [1.82, 2.24) is 10.3 Å². The number of rotatable bonds is 3. The zero-order chi connectivity index (χ0) is 10.7. The number of halogens is 2. The summed E-state index contributed by atoms with van der Waals surface area (Å²) < 4.78 is 0.910. The molecule has 3 nitrogen and oxygen atoms in total. The molecule has 1 fully saturated rings. The summed E-state index contributed by atoms with van der Waals surface area (Å²) in [5.41, 5.74) is 0. The summed E-state index contributed by atoms with van der Waals surface area (Å²) in [6, 6.07) is 2.41. The third kappa shape index (κ3) is 3.06. The summed E-state index contributed by atoms with van der Waals surface area (Å²) in [5.74, 6) is 0.855. The van der Waals surface area contributed by atoms with E-state index in [9.17, 15) is 0 Å². The van der Waals surface area contributed by atoms with E-state index < -0.39 is 0 Å². The summed E-state index contributed by atoms with van der Waals surface area (Å²) in [7, 11) is 0. The lowest BCUT2D eigenvalue weighted by Gasteiger charge is -2.12. The first-order chi connectivity index (χ1) is 7.25. The van der Waals surface area contributed by atoms with Crippen LogP contribution < -0.4 is 10.6 Å². The maximum Gasteiger partial charge on any atom is 0.140 e. The fraction of sp³-hybridized carbons (Fsp3) is 0.500. The van der Waals surface area contributed by atoms with Crippen molar-refractivity contribution in [3.05, 3.63) is 21.8 Å². The number of nitrogens with zero attached hydrogens (tertiary/aromatic N) is 1. The van der Waals surface area contributed by atoms with Gasteiger partial charge in [0.1, 0.15) is 5.82 Å². The number of hydrogen-bond acceptors (Lipinski definition) is 3. The number of hydrogen-bond donors (Lipinski definition) is 2. The molecule has 1 aliphatic rings. The Morgan fingerprint density at radius 2 is 2.53 bits per heavy atom. The summed E-state index contributed by atoms with van der Waals surface area (Å²) in [6.45, 7) is 2.04. The van der Waals surface area contributed by atoms with Crippen LogP contribution in [-0.4, -0.2) is 24.1 Å². The van der Waals surface area contributed by atoms with Gasteiger partial charge in [0.25, 0.3) is 0 Å². The Morgan fingerprint density at radius 1 is 1.67 bits per heavy atom. The van der Waals surface area contributed by atoms with E-state index in [1.165, 1.54) is 12.8 Å². The van der Waals surface area contributed by atoms with Gasteiger partial charge in [0.15, 0.2) is 0 Å². The zero-order valence-electron chi connectivity index (χ0n) is 8.26. The molecule has 0 aliphatic carbocycles. The standard InChI is InChI=1S/C10H13BrClN3/c11-9-4-7(12)5-14-10(9)15-6-8-2-1-3-13-8/h4-5,8,13H,1-3,6H2,(H,14,15). The van der Waals surface area contributed by atoms with Gasteiger partial charge in [-0.3, -0.25) is 0 Å². The zero-order valence-corrected chi connectivity index (χ0v) is 10.6. The van der Waals surface area contributed by atoms with Crippen molar-refractivity contribution < 1.29 is 0 Å². The molecule has 82 valence electrons. The van der Waals surface area contributed by atoms with E-state index >= 15 is 0 Å². The fourth-order valence-corrected chi connectivity index (χ4v) is 2.47.